The zero-order valence-electron chi connectivity index (χ0n) is 11.3. The van der Waals surface area contributed by atoms with Gasteiger partial charge in [-0.1, -0.05) is 13.8 Å². The second-order valence-corrected chi connectivity index (χ2v) is 4.05. The molecule has 1 aliphatic heterocycles. The van der Waals surface area contributed by atoms with E-state index in [4.69, 9.17) is 0 Å². The monoisotopic (exact) mass is 236 g/mol. The summed E-state index contributed by atoms with van der Waals surface area (Å²) >= 11 is 0. The van der Waals surface area contributed by atoms with Gasteiger partial charge in [0.15, 0.2) is 0 Å². The third-order valence-corrected chi connectivity index (χ3v) is 2.77. The van der Waals surface area contributed by atoms with Crippen molar-refractivity contribution < 1.29 is 0 Å². The van der Waals surface area contributed by atoms with Gasteiger partial charge in [0.05, 0.1) is 0 Å². The first kappa shape index (κ1) is 13.9. The minimum absolute atomic E-state index is 0.877. The van der Waals surface area contributed by atoms with Crippen LogP contribution in [-0.2, 0) is 0 Å². The molecule has 0 aliphatic carbocycles. The SMILES string of the molecule is CC.CN1CCCN(c2ncccn2)CCC1. The van der Waals surface area contributed by atoms with E-state index in [2.05, 4.69) is 26.8 Å². The van der Waals surface area contributed by atoms with Gasteiger partial charge >= 0.3 is 0 Å². The molecule has 0 atom stereocenters. The van der Waals surface area contributed by atoms with Gasteiger partial charge in [0.25, 0.3) is 0 Å². The molecule has 0 unspecified atom stereocenters. The Morgan fingerprint density at radius 1 is 0.941 bits per heavy atom. The largest absolute Gasteiger partial charge is 0.341 e. The van der Waals surface area contributed by atoms with Crippen LogP contribution in [0, 0.1) is 0 Å². The molecular weight excluding hydrogens is 212 g/mol. The smallest absolute Gasteiger partial charge is 0.225 e. The van der Waals surface area contributed by atoms with E-state index in [0.29, 0.717) is 0 Å². The first-order valence-electron chi connectivity index (χ1n) is 6.57. The van der Waals surface area contributed by atoms with Crippen molar-refractivity contribution in [3.8, 4) is 0 Å². The quantitative estimate of drug-likeness (QED) is 0.747. The van der Waals surface area contributed by atoms with Crippen molar-refractivity contribution in [2.75, 3.05) is 38.1 Å². The molecule has 1 aliphatic rings. The highest BCUT2D eigenvalue weighted by atomic mass is 15.3. The molecule has 96 valence electrons. The fourth-order valence-corrected chi connectivity index (χ4v) is 1.94. The number of anilines is 1. The lowest BCUT2D eigenvalue weighted by Crippen LogP contribution is -2.35. The van der Waals surface area contributed by atoms with Crippen LogP contribution in [0.25, 0.3) is 0 Å². The molecular formula is C13H24N4. The normalized spacial score (nSPS) is 17.7. The van der Waals surface area contributed by atoms with E-state index in [9.17, 15) is 0 Å². The standard InChI is InChI=1S/C11H18N4.C2H6/c1-14-7-3-9-15(10-4-8-14)11-12-5-2-6-13-11;1-2/h2,5-6H,3-4,7-10H2,1H3;1-2H3. The summed E-state index contributed by atoms with van der Waals surface area (Å²) in [7, 11) is 2.19. The Morgan fingerprint density at radius 2 is 1.47 bits per heavy atom. The number of hydrogen-bond acceptors (Lipinski definition) is 4. The summed E-state index contributed by atoms with van der Waals surface area (Å²) in [5.74, 6) is 0.877. The Hall–Kier alpha value is -1.16. The first-order valence-corrected chi connectivity index (χ1v) is 6.57. The van der Waals surface area contributed by atoms with Gasteiger partial charge in [-0.25, -0.2) is 9.97 Å². The molecule has 2 rings (SSSR count). The average Bonchev–Trinajstić information content (AvgIpc) is 2.37. The van der Waals surface area contributed by atoms with Crippen LogP contribution in [0.4, 0.5) is 5.95 Å². The number of rotatable bonds is 1. The molecule has 1 saturated heterocycles. The van der Waals surface area contributed by atoms with Gasteiger partial charge < -0.3 is 9.80 Å². The summed E-state index contributed by atoms with van der Waals surface area (Å²) in [5, 5.41) is 0. The van der Waals surface area contributed by atoms with Crippen molar-refractivity contribution in [3.05, 3.63) is 18.5 Å². The van der Waals surface area contributed by atoms with Gasteiger partial charge in [-0.3, -0.25) is 0 Å². The lowest BCUT2D eigenvalue weighted by Gasteiger charge is -2.28. The minimum Gasteiger partial charge on any atom is -0.341 e. The Morgan fingerprint density at radius 3 is 2.00 bits per heavy atom. The summed E-state index contributed by atoms with van der Waals surface area (Å²) in [4.78, 5) is 13.3. The van der Waals surface area contributed by atoms with Gasteiger partial charge in [0.1, 0.15) is 0 Å². The lowest BCUT2D eigenvalue weighted by atomic mass is 10.2. The number of aromatic nitrogens is 2. The molecule has 0 aromatic carbocycles. The molecule has 2 heterocycles. The van der Waals surface area contributed by atoms with Crippen LogP contribution in [-0.4, -0.2) is 48.1 Å². The summed E-state index contributed by atoms with van der Waals surface area (Å²) < 4.78 is 0. The summed E-state index contributed by atoms with van der Waals surface area (Å²) in [6.07, 6.45) is 6.00. The van der Waals surface area contributed by atoms with Crippen molar-refractivity contribution in [3.63, 3.8) is 0 Å². The van der Waals surface area contributed by atoms with E-state index >= 15 is 0 Å². The molecule has 1 aromatic rings. The van der Waals surface area contributed by atoms with Gasteiger partial charge in [0, 0.05) is 25.5 Å². The van der Waals surface area contributed by atoms with E-state index in [1.165, 1.54) is 25.9 Å². The molecule has 0 radical (unpaired) electrons. The van der Waals surface area contributed by atoms with E-state index in [-0.39, 0.29) is 0 Å². The van der Waals surface area contributed by atoms with Crippen molar-refractivity contribution in [1.29, 1.82) is 0 Å². The molecule has 0 amide bonds. The van der Waals surface area contributed by atoms with E-state index in [1.807, 2.05) is 32.3 Å². The average molecular weight is 236 g/mol. The highest BCUT2D eigenvalue weighted by Gasteiger charge is 2.12. The molecule has 0 saturated carbocycles. The maximum absolute atomic E-state index is 4.29. The fraction of sp³-hybridized carbons (Fsp3) is 0.692. The van der Waals surface area contributed by atoms with Crippen molar-refractivity contribution in [2.24, 2.45) is 0 Å². The van der Waals surface area contributed by atoms with E-state index < -0.39 is 0 Å². The van der Waals surface area contributed by atoms with Crippen LogP contribution in [0.1, 0.15) is 26.7 Å². The predicted octanol–water partition coefficient (Wildman–Crippen LogP) is 2.03. The van der Waals surface area contributed by atoms with E-state index in [0.717, 1.165) is 19.0 Å². The fourth-order valence-electron chi connectivity index (χ4n) is 1.94. The second kappa shape index (κ2) is 8.01. The predicted molar refractivity (Wildman–Crippen MR) is 72.3 cm³/mol. The Kier molecular flexibility index (Phi) is 6.55. The summed E-state index contributed by atoms with van der Waals surface area (Å²) in [6.45, 7) is 8.47. The molecule has 4 nitrogen and oxygen atoms in total. The number of nitrogens with zero attached hydrogens (tertiary/aromatic N) is 4. The van der Waals surface area contributed by atoms with Crippen LogP contribution >= 0.6 is 0 Å². The highest BCUT2D eigenvalue weighted by molar-refractivity contribution is 5.27. The molecule has 0 spiro atoms. The second-order valence-electron chi connectivity index (χ2n) is 4.05. The minimum atomic E-state index is 0.877. The third-order valence-electron chi connectivity index (χ3n) is 2.77. The number of hydrogen-bond donors (Lipinski definition) is 0. The van der Waals surface area contributed by atoms with Gasteiger partial charge in [-0.15, -0.1) is 0 Å². The van der Waals surface area contributed by atoms with Crippen molar-refractivity contribution >= 4 is 5.95 Å². The molecule has 17 heavy (non-hydrogen) atoms. The third kappa shape index (κ3) is 4.69. The molecule has 0 N–H and O–H groups in total. The zero-order chi connectivity index (χ0) is 12.5. The maximum atomic E-state index is 4.29. The Labute approximate surface area is 105 Å². The van der Waals surface area contributed by atoms with E-state index in [1.54, 1.807) is 0 Å². The van der Waals surface area contributed by atoms with Crippen LogP contribution in [0.2, 0.25) is 0 Å². The lowest BCUT2D eigenvalue weighted by molar-refractivity contribution is 0.313. The molecule has 1 fully saturated rings. The first-order chi connectivity index (χ1) is 8.36. The topological polar surface area (TPSA) is 32.3 Å². The Balaban J connectivity index is 0.000000686. The van der Waals surface area contributed by atoms with Crippen LogP contribution in [0.3, 0.4) is 0 Å². The van der Waals surface area contributed by atoms with Gasteiger partial charge in [-0.05, 0) is 39.0 Å². The summed E-state index contributed by atoms with van der Waals surface area (Å²) in [6, 6.07) is 1.86. The zero-order valence-corrected chi connectivity index (χ0v) is 11.3. The van der Waals surface area contributed by atoms with Gasteiger partial charge in [0.2, 0.25) is 5.95 Å². The maximum Gasteiger partial charge on any atom is 0.225 e. The van der Waals surface area contributed by atoms with Crippen LogP contribution in [0.5, 0.6) is 0 Å². The van der Waals surface area contributed by atoms with Crippen LogP contribution < -0.4 is 4.90 Å². The Bertz CT molecular complexity index is 279. The molecule has 0 bridgehead atoms. The van der Waals surface area contributed by atoms with Gasteiger partial charge in [-0.2, -0.15) is 0 Å². The van der Waals surface area contributed by atoms with Crippen molar-refractivity contribution in [1.82, 2.24) is 14.9 Å². The van der Waals surface area contributed by atoms with Crippen molar-refractivity contribution in [2.45, 2.75) is 26.7 Å². The molecule has 4 heteroatoms. The van der Waals surface area contributed by atoms with Crippen LogP contribution in [0.15, 0.2) is 18.5 Å². The molecule has 1 aromatic heterocycles. The highest BCUT2D eigenvalue weighted by Crippen LogP contribution is 2.09. The summed E-state index contributed by atoms with van der Waals surface area (Å²) in [5.41, 5.74) is 0.